The number of carboxylic acid groups (broad SMARTS) is 1. The molecule has 1 aliphatic heterocycles. The SMILES string of the molecule is O=C(O)c1ccc(S(=O)(=O)N2CCN(c3nc(C(O)c4ccc(Oc5ccccc5)cc4)ns3)CC2)cc1O. The van der Waals surface area contributed by atoms with Crippen molar-refractivity contribution in [2.24, 2.45) is 0 Å². The second kappa shape index (κ2) is 11.0. The number of aliphatic hydroxyl groups excluding tert-OH is 1. The maximum atomic E-state index is 13.0. The molecule has 0 saturated carbocycles. The largest absolute Gasteiger partial charge is 0.507 e. The van der Waals surface area contributed by atoms with Gasteiger partial charge in [-0.1, -0.05) is 30.3 Å². The number of aliphatic hydroxyl groups is 1. The van der Waals surface area contributed by atoms with Crippen molar-refractivity contribution in [3.8, 4) is 17.2 Å². The Morgan fingerprint density at radius 1 is 0.949 bits per heavy atom. The Labute approximate surface area is 228 Å². The van der Waals surface area contributed by atoms with Gasteiger partial charge in [-0.25, -0.2) is 18.2 Å². The molecule has 0 aliphatic carbocycles. The van der Waals surface area contributed by atoms with E-state index in [0.717, 1.165) is 23.7 Å². The van der Waals surface area contributed by atoms with Gasteiger partial charge in [0.2, 0.25) is 15.2 Å². The van der Waals surface area contributed by atoms with Crippen molar-refractivity contribution >= 4 is 32.7 Å². The van der Waals surface area contributed by atoms with E-state index in [1.54, 1.807) is 24.3 Å². The molecule has 1 unspecified atom stereocenters. The predicted molar refractivity (Wildman–Crippen MR) is 143 cm³/mol. The van der Waals surface area contributed by atoms with Crippen molar-refractivity contribution in [1.29, 1.82) is 0 Å². The lowest BCUT2D eigenvalue weighted by atomic mass is 10.1. The second-order valence-corrected chi connectivity index (χ2v) is 11.4. The smallest absolute Gasteiger partial charge is 0.339 e. The van der Waals surface area contributed by atoms with Gasteiger partial charge in [0, 0.05) is 43.8 Å². The Hall–Kier alpha value is -4.04. The molecule has 4 aromatic rings. The lowest BCUT2D eigenvalue weighted by Gasteiger charge is -2.33. The lowest BCUT2D eigenvalue weighted by molar-refractivity contribution is 0.0693. The average Bonchev–Trinajstić information content (AvgIpc) is 3.44. The Morgan fingerprint density at radius 2 is 1.62 bits per heavy atom. The van der Waals surface area contributed by atoms with Crippen LogP contribution in [-0.2, 0) is 10.0 Å². The molecule has 0 spiro atoms. The summed E-state index contributed by atoms with van der Waals surface area (Å²) in [5, 5.41) is 30.3. The van der Waals surface area contributed by atoms with Gasteiger partial charge >= 0.3 is 5.97 Å². The standard InChI is InChI=1S/C26H24N4O7S2/c31-22-16-20(10-11-21(22)25(33)34)39(35,36)30-14-12-29(13-15-30)26-27-24(28-38-26)23(32)17-6-8-19(9-7-17)37-18-4-2-1-3-5-18/h1-11,16,23,31-32H,12-15H2,(H,33,34). The summed E-state index contributed by atoms with van der Waals surface area (Å²) < 4.78 is 37.4. The Kier molecular flexibility index (Phi) is 7.48. The maximum Gasteiger partial charge on any atom is 0.339 e. The summed E-state index contributed by atoms with van der Waals surface area (Å²) >= 11 is 1.12. The maximum absolute atomic E-state index is 13.0. The van der Waals surface area contributed by atoms with Crippen LogP contribution in [0.25, 0.3) is 0 Å². The van der Waals surface area contributed by atoms with Gasteiger partial charge in [0.05, 0.1) is 4.90 Å². The minimum Gasteiger partial charge on any atom is -0.507 e. The van der Waals surface area contributed by atoms with Crippen LogP contribution in [-0.4, -0.2) is 69.5 Å². The van der Waals surface area contributed by atoms with Crippen molar-refractivity contribution in [2.45, 2.75) is 11.0 Å². The van der Waals surface area contributed by atoms with Crippen LogP contribution in [0.5, 0.6) is 17.2 Å². The molecule has 1 saturated heterocycles. The van der Waals surface area contributed by atoms with Crippen LogP contribution in [0.3, 0.4) is 0 Å². The van der Waals surface area contributed by atoms with Gasteiger partial charge < -0.3 is 25.0 Å². The van der Waals surface area contributed by atoms with E-state index in [4.69, 9.17) is 9.84 Å². The highest BCUT2D eigenvalue weighted by molar-refractivity contribution is 7.89. The second-order valence-electron chi connectivity index (χ2n) is 8.70. The van der Waals surface area contributed by atoms with Crippen LogP contribution >= 0.6 is 11.5 Å². The summed E-state index contributed by atoms with van der Waals surface area (Å²) in [6.07, 6.45) is -1.04. The molecule has 3 N–H and O–H groups in total. The van der Waals surface area contributed by atoms with Crippen LogP contribution in [0.15, 0.2) is 77.7 Å². The summed E-state index contributed by atoms with van der Waals surface area (Å²) in [6, 6.07) is 19.6. The quantitative estimate of drug-likeness (QED) is 0.288. The topological polar surface area (TPSA) is 153 Å². The molecule has 0 amide bonds. The summed E-state index contributed by atoms with van der Waals surface area (Å²) in [5.74, 6) is -0.374. The first-order valence-electron chi connectivity index (χ1n) is 11.9. The van der Waals surface area contributed by atoms with E-state index in [9.17, 15) is 23.4 Å². The number of ether oxygens (including phenoxy) is 1. The number of aromatic hydroxyl groups is 1. The van der Waals surface area contributed by atoms with E-state index in [1.165, 1.54) is 10.4 Å². The molecule has 202 valence electrons. The summed E-state index contributed by atoms with van der Waals surface area (Å²) in [7, 11) is -3.93. The van der Waals surface area contributed by atoms with Gasteiger partial charge in [-0.15, -0.1) is 0 Å². The first kappa shape index (κ1) is 26.6. The van der Waals surface area contributed by atoms with Crippen LogP contribution in [0, 0.1) is 0 Å². The number of hydrogen-bond acceptors (Lipinski definition) is 10. The van der Waals surface area contributed by atoms with Crippen molar-refractivity contribution in [2.75, 3.05) is 31.1 Å². The minimum absolute atomic E-state index is 0.157. The zero-order valence-corrected chi connectivity index (χ0v) is 22.0. The van der Waals surface area contributed by atoms with E-state index in [-0.39, 0.29) is 29.4 Å². The lowest BCUT2D eigenvalue weighted by Crippen LogP contribution is -2.48. The molecule has 11 nitrogen and oxygen atoms in total. The number of nitrogens with zero attached hydrogens (tertiary/aromatic N) is 4. The third-order valence-corrected chi connectivity index (χ3v) is 8.88. The molecule has 2 heterocycles. The van der Waals surface area contributed by atoms with Gasteiger partial charge in [0.25, 0.3) is 0 Å². The van der Waals surface area contributed by atoms with Crippen LogP contribution < -0.4 is 9.64 Å². The zero-order valence-electron chi connectivity index (χ0n) is 20.4. The highest BCUT2D eigenvalue weighted by Gasteiger charge is 2.31. The number of phenols is 1. The number of aromatic nitrogens is 2. The zero-order chi connectivity index (χ0) is 27.6. The minimum atomic E-state index is -3.93. The molecule has 13 heteroatoms. The third-order valence-electron chi connectivity index (χ3n) is 6.20. The number of hydrogen-bond donors (Lipinski definition) is 3. The van der Waals surface area contributed by atoms with Crippen LogP contribution in [0.4, 0.5) is 5.13 Å². The highest BCUT2D eigenvalue weighted by Crippen LogP contribution is 2.29. The summed E-state index contributed by atoms with van der Waals surface area (Å²) in [4.78, 5) is 17.3. The monoisotopic (exact) mass is 568 g/mol. The van der Waals surface area contributed by atoms with Gasteiger partial charge in [-0.05, 0) is 42.0 Å². The molecule has 1 fully saturated rings. The van der Waals surface area contributed by atoms with Gasteiger partial charge in [0.1, 0.15) is 28.9 Å². The number of aromatic carboxylic acids is 1. The van der Waals surface area contributed by atoms with E-state index in [1.807, 2.05) is 35.2 Å². The van der Waals surface area contributed by atoms with E-state index in [0.29, 0.717) is 35.3 Å². The summed E-state index contributed by atoms with van der Waals surface area (Å²) in [6.45, 7) is 0.998. The molecule has 1 aliphatic rings. The van der Waals surface area contributed by atoms with Gasteiger partial charge in [-0.2, -0.15) is 8.68 Å². The van der Waals surface area contributed by atoms with Gasteiger partial charge in [0.15, 0.2) is 5.82 Å². The third kappa shape index (κ3) is 5.71. The first-order valence-corrected chi connectivity index (χ1v) is 14.1. The van der Waals surface area contributed by atoms with E-state index >= 15 is 0 Å². The fourth-order valence-electron chi connectivity index (χ4n) is 4.08. The number of benzene rings is 3. The highest BCUT2D eigenvalue weighted by atomic mass is 32.2. The number of sulfonamides is 1. The molecule has 3 aromatic carbocycles. The fraction of sp³-hybridized carbons (Fsp3) is 0.192. The van der Waals surface area contributed by atoms with E-state index in [2.05, 4.69) is 9.36 Å². The number of rotatable bonds is 8. The number of piperazine rings is 1. The van der Waals surface area contributed by atoms with Gasteiger partial charge in [-0.3, -0.25) is 0 Å². The fourth-order valence-corrected chi connectivity index (χ4v) is 6.27. The molecule has 1 aromatic heterocycles. The van der Waals surface area contributed by atoms with Crippen molar-refractivity contribution < 1.29 is 33.3 Å². The summed E-state index contributed by atoms with van der Waals surface area (Å²) in [5.41, 5.74) is 0.234. The first-order chi connectivity index (χ1) is 18.7. The molecular formula is C26H24N4O7S2. The molecule has 1 atom stereocenters. The normalized spacial score (nSPS) is 15.2. The molecule has 0 bridgehead atoms. The van der Waals surface area contributed by atoms with Crippen molar-refractivity contribution in [3.05, 3.63) is 89.7 Å². The average molecular weight is 569 g/mol. The Balaban J connectivity index is 1.21. The van der Waals surface area contributed by atoms with E-state index < -0.39 is 27.8 Å². The van der Waals surface area contributed by atoms with Crippen LogP contribution in [0.1, 0.15) is 27.8 Å². The molecule has 39 heavy (non-hydrogen) atoms. The van der Waals surface area contributed by atoms with Crippen molar-refractivity contribution in [3.63, 3.8) is 0 Å². The number of anilines is 1. The van der Waals surface area contributed by atoms with Crippen molar-refractivity contribution in [1.82, 2.24) is 13.7 Å². The Morgan fingerprint density at radius 3 is 2.26 bits per heavy atom. The molecule has 0 radical (unpaired) electrons. The predicted octanol–water partition coefficient (Wildman–Crippen LogP) is 3.33. The number of carboxylic acids is 1. The molecule has 5 rings (SSSR count). The number of carbonyl (C=O) groups is 1. The molecular weight excluding hydrogens is 544 g/mol. The number of para-hydroxylation sites is 1. The Bertz CT molecular complexity index is 1570. The van der Waals surface area contributed by atoms with Crippen LogP contribution in [0.2, 0.25) is 0 Å².